The second kappa shape index (κ2) is 10.0. The number of thioether (sulfide) groups is 1. The van der Waals surface area contributed by atoms with Crippen molar-refractivity contribution in [3.63, 3.8) is 0 Å². The number of halogens is 3. The van der Waals surface area contributed by atoms with Crippen LogP contribution in [0.4, 0.5) is 13.2 Å². The normalized spacial score (nSPS) is 17.6. The first-order chi connectivity index (χ1) is 16.2. The van der Waals surface area contributed by atoms with Gasteiger partial charge in [-0.15, -0.1) is 0 Å². The molecule has 0 saturated heterocycles. The van der Waals surface area contributed by atoms with Crippen LogP contribution < -0.4 is 4.72 Å². The predicted octanol–water partition coefficient (Wildman–Crippen LogP) is 4.23. The smallest absolute Gasteiger partial charge is 0.416 e. The van der Waals surface area contributed by atoms with Crippen LogP contribution in [0.5, 0.6) is 0 Å². The number of aromatic nitrogens is 2. The number of nitrogens with one attached hydrogen (secondary N) is 2. The number of carboxylic acid groups (broad SMARTS) is 1. The van der Waals surface area contributed by atoms with E-state index >= 15 is 0 Å². The fourth-order valence-electron chi connectivity index (χ4n) is 3.22. The van der Waals surface area contributed by atoms with Crippen LogP contribution in [-0.4, -0.2) is 35.9 Å². The molecule has 1 aliphatic rings. The van der Waals surface area contributed by atoms with Gasteiger partial charge in [-0.05, 0) is 42.8 Å². The average molecular weight is 506 g/mol. The van der Waals surface area contributed by atoms with Gasteiger partial charge in [0.15, 0.2) is 0 Å². The Labute approximate surface area is 199 Å². The number of H-pyrrole nitrogens is 1. The van der Waals surface area contributed by atoms with Crippen molar-refractivity contribution in [1.29, 1.82) is 0 Å². The molecule has 34 heavy (non-hydrogen) atoms. The summed E-state index contributed by atoms with van der Waals surface area (Å²) in [6, 6.07) is 10.7. The molecule has 2 heterocycles. The van der Waals surface area contributed by atoms with E-state index in [4.69, 9.17) is 0 Å². The zero-order chi connectivity index (χ0) is 24.3. The van der Waals surface area contributed by atoms with Crippen molar-refractivity contribution >= 4 is 39.8 Å². The van der Waals surface area contributed by atoms with Crippen LogP contribution in [0.3, 0.4) is 0 Å². The lowest BCUT2D eigenvalue weighted by molar-refractivity contribution is -0.139. The summed E-state index contributed by atoms with van der Waals surface area (Å²) in [5, 5.41) is 9.58. The Morgan fingerprint density at radius 2 is 1.97 bits per heavy atom. The molecular formula is C23H18F3N3O3S2. The maximum atomic E-state index is 12.8. The number of hydrogen-bond acceptors (Lipinski definition) is 4. The molecule has 0 aliphatic carbocycles. The molecule has 3 N–H and O–H groups in total. The number of allylic oxidation sites excluding steroid dienone is 2. The molecule has 3 atom stereocenters. The fraction of sp³-hybridized carbons (Fsp3) is 0.217. The number of carbonyl (C=O) groups is 1. The van der Waals surface area contributed by atoms with Crippen LogP contribution in [0.1, 0.15) is 23.4 Å². The fourth-order valence-corrected chi connectivity index (χ4v) is 5.71. The lowest BCUT2D eigenvalue weighted by atomic mass is 10.1. The van der Waals surface area contributed by atoms with E-state index in [1.807, 2.05) is 24.3 Å². The standard InChI is InChI=1S/C23H18F3N3O3S2/c24-23(25,26)15-8-5-14(6-9-15)7-10-16-11-12-21(33-16)34(32)29-19(22(30)31)13-20-27-17-3-1-2-4-18(17)28-20/h1-6,8-9,11,19,21,29H,12-13H2,(H,27,28)(H,30,31)/t19-,21?,34?/m0/s1. The van der Waals surface area contributed by atoms with Gasteiger partial charge in [0.05, 0.1) is 21.5 Å². The second-order valence-corrected chi connectivity index (χ2v) is 10.3. The van der Waals surface area contributed by atoms with E-state index < -0.39 is 39.3 Å². The Morgan fingerprint density at radius 1 is 1.24 bits per heavy atom. The third-order valence-electron chi connectivity index (χ3n) is 4.93. The molecule has 0 spiro atoms. The highest BCUT2D eigenvalue weighted by Crippen LogP contribution is 2.34. The SMILES string of the molecule is O=C(O)[C@H](Cc1nc2ccccc2[nH]1)NS(=O)C1CC=C(C#Cc2ccc(C(F)(F)F)cc2)S1. The quantitative estimate of drug-likeness (QED) is 0.436. The van der Waals surface area contributed by atoms with Crippen molar-refractivity contribution < 1.29 is 27.3 Å². The minimum Gasteiger partial charge on any atom is -0.480 e. The van der Waals surface area contributed by atoms with Gasteiger partial charge in [-0.3, -0.25) is 4.79 Å². The van der Waals surface area contributed by atoms with Gasteiger partial charge in [0.1, 0.15) is 27.4 Å². The number of nitrogens with zero attached hydrogens (tertiary/aromatic N) is 1. The minimum atomic E-state index is -4.40. The van der Waals surface area contributed by atoms with Crippen molar-refractivity contribution in [2.45, 2.75) is 29.6 Å². The Hall–Kier alpha value is -3.07. The monoisotopic (exact) mass is 505 g/mol. The van der Waals surface area contributed by atoms with Gasteiger partial charge in [0, 0.05) is 12.0 Å². The topological polar surface area (TPSA) is 95.1 Å². The highest BCUT2D eigenvalue weighted by atomic mass is 32.2. The summed E-state index contributed by atoms with van der Waals surface area (Å²) in [5.41, 5.74) is 1.18. The molecule has 11 heteroatoms. The summed E-state index contributed by atoms with van der Waals surface area (Å²) in [5.74, 6) is 4.99. The predicted molar refractivity (Wildman–Crippen MR) is 125 cm³/mol. The number of aliphatic carboxylic acids is 1. The molecular weight excluding hydrogens is 487 g/mol. The first kappa shape index (κ1) is 24.1. The third-order valence-corrected chi connectivity index (χ3v) is 7.91. The second-order valence-electron chi connectivity index (χ2n) is 7.39. The van der Waals surface area contributed by atoms with Crippen LogP contribution in [0.25, 0.3) is 11.0 Å². The number of hydrogen-bond donors (Lipinski definition) is 3. The van der Waals surface area contributed by atoms with Crippen molar-refractivity contribution in [3.05, 3.63) is 76.5 Å². The molecule has 0 fully saturated rings. The van der Waals surface area contributed by atoms with Crippen molar-refractivity contribution in [3.8, 4) is 11.8 Å². The molecule has 3 aromatic rings. The highest BCUT2D eigenvalue weighted by Gasteiger charge is 2.30. The first-order valence-electron chi connectivity index (χ1n) is 10.1. The molecule has 0 radical (unpaired) electrons. The first-order valence-corrected chi connectivity index (χ1v) is 12.2. The van der Waals surface area contributed by atoms with E-state index in [-0.39, 0.29) is 6.42 Å². The van der Waals surface area contributed by atoms with Gasteiger partial charge in [-0.25, -0.2) is 13.9 Å². The molecule has 0 bridgehead atoms. The van der Waals surface area contributed by atoms with Crippen molar-refractivity contribution in [2.24, 2.45) is 0 Å². The van der Waals surface area contributed by atoms with E-state index in [9.17, 15) is 27.3 Å². The molecule has 2 unspecified atom stereocenters. The van der Waals surface area contributed by atoms with Gasteiger partial charge in [0.2, 0.25) is 0 Å². The van der Waals surface area contributed by atoms with Crippen LogP contribution in [0, 0.1) is 11.8 Å². The lowest BCUT2D eigenvalue weighted by Crippen LogP contribution is -2.42. The van der Waals surface area contributed by atoms with Gasteiger partial charge >= 0.3 is 12.1 Å². The molecule has 0 saturated carbocycles. The molecule has 176 valence electrons. The van der Waals surface area contributed by atoms with Crippen LogP contribution in [0.2, 0.25) is 0 Å². The van der Waals surface area contributed by atoms with Crippen molar-refractivity contribution in [1.82, 2.24) is 14.7 Å². The average Bonchev–Trinajstić information content (AvgIpc) is 3.43. The lowest BCUT2D eigenvalue weighted by Gasteiger charge is -2.16. The van der Waals surface area contributed by atoms with E-state index in [2.05, 4.69) is 26.5 Å². The Balaban J connectivity index is 1.35. The zero-order valence-electron chi connectivity index (χ0n) is 17.4. The van der Waals surface area contributed by atoms with Crippen LogP contribution in [0.15, 0.2) is 59.5 Å². The van der Waals surface area contributed by atoms with Crippen LogP contribution in [-0.2, 0) is 28.4 Å². The van der Waals surface area contributed by atoms with E-state index in [1.54, 1.807) is 6.08 Å². The Bertz CT molecular complexity index is 1290. The molecule has 4 rings (SSSR count). The molecule has 6 nitrogen and oxygen atoms in total. The number of aromatic amines is 1. The maximum Gasteiger partial charge on any atom is 0.416 e. The summed E-state index contributed by atoms with van der Waals surface area (Å²) in [4.78, 5) is 19.8. The molecule has 1 aliphatic heterocycles. The number of alkyl halides is 3. The summed E-state index contributed by atoms with van der Waals surface area (Å²) in [6.07, 6.45) is -2.18. The number of carboxylic acids is 1. The minimum absolute atomic E-state index is 0.0289. The zero-order valence-corrected chi connectivity index (χ0v) is 19.1. The summed E-state index contributed by atoms with van der Waals surface area (Å²) in [7, 11) is -1.67. The Morgan fingerprint density at radius 3 is 2.65 bits per heavy atom. The van der Waals surface area contributed by atoms with Gasteiger partial charge in [0.25, 0.3) is 0 Å². The van der Waals surface area contributed by atoms with E-state index in [0.29, 0.717) is 22.7 Å². The third kappa shape index (κ3) is 5.88. The van der Waals surface area contributed by atoms with Crippen molar-refractivity contribution in [2.75, 3.05) is 0 Å². The number of para-hydroxylation sites is 2. The van der Waals surface area contributed by atoms with E-state index in [1.165, 1.54) is 23.9 Å². The number of rotatable bonds is 6. The molecule has 0 amide bonds. The molecule has 2 aromatic carbocycles. The largest absolute Gasteiger partial charge is 0.480 e. The number of imidazole rings is 1. The van der Waals surface area contributed by atoms with Gasteiger partial charge in [-0.2, -0.15) is 13.2 Å². The summed E-state index contributed by atoms with van der Waals surface area (Å²) >= 11 is 1.24. The van der Waals surface area contributed by atoms with Gasteiger partial charge < -0.3 is 10.1 Å². The number of benzene rings is 2. The summed E-state index contributed by atoms with van der Waals surface area (Å²) < 4.78 is 53.0. The van der Waals surface area contributed by atoms with Gasteiger partial charge in [-0.1, -0.05) is 41.8 Å². The number of fused-ring (bicyclic) bond motifs is 1. The van der Waals surface area contributed by atoms with Crippen LogP contribution >= 0.6 is 11.8 Å². The summed E-state index contributed by atoms with van der Waals surface area (Å²) in [6.45, 7) is 0. The Kier molecular flexibility index (Phi) is 7.11. The highest BCUT2D eigenvalue weighted by molar-refractivity contribution is 8.13. The van der Waals surface area contributed by atoms with E-state index in [0.717, 1.165) is 23.2 Å². The maximum absolute atomic E-state index is 12.8. The molecule has 1 aromatic heterocycles.